The molecule has 0 saturated carbocycles. The summed E-state index contributed by atoms with van der Waals surface area (Å²) in [7, 11) is 0. The highest BCUT2D eigenvalue weighted by atomic mass is 35.5. The zero-order valence-electron chi connectivity index (χ0n) is 8.90. The molecule has 0 amide bonds. The van der Waals surface area contributed by atoms with Gasteiger partial charge >= 0.3 is 0 Å². The van der Waals surface area contributed by atoms with Crippen LogP contribution < -0.4 is 10.6 Å². The molecule has 0 radical (unpaired) electrons. The largest absolute Gasteiger partial charge is 0.392 e. The topological polar surface area (TPSA) is 44.3 Å². The van der Waals surface area contributed by atoms with E-state index in [1.165, 1.54) is 4.88 Å². The molecule has 5 heteroatoms. The van der Waals surface area contributed by atoms with Crippen LogP contribution in [0.15, 0.2) is 17.5 Å². The second-order valence-corrected chi connectivity index (χ2v) is 4.34. The van der Waals surface area contributed by atoms with Gasteiger partial charge in [-0.05, 0) is 18.4 Å². The predicted octanol–water partition coefficient (Wildman–Crippen LogP) is 1.23. The van der Waals surface area contributed by atoms with Gasteiger partial charge in [0, 0.05) is 31.1 Å². The van der Waals surface area contributed by atoms with E-state index in [1.807, 2.05) is 0 Å². The van der Waals surface area contributed by atoms with Gasteiger partial charge in [-0.1, -0.05) is 6.07 Å². The van der Waals surface area contributed by atoms with Crippen molar-refractivity contribution >= 4 is 23.7 Å². The third-order valence-electron chi connectivity index (χ3n) is 1.80. The second-order valence-electron chi connectivity index (χ2n) is 3.31. The molecule has 1 unspecified atom stereocenters. The van der Waals surface area contributed by atoms with Crippen molar-refractivity contribution in [1.29, 1.82) is 0 Å². The first-order chi connectivity index (χ1) is 6.79. The van der Waals surface area contributed by atoms with Crippen LogP contribution in [-0.4, -0.2) is 30.8 Å². The molecule has 0 spiro atoms. The number of hydrogen-bond acceptors (Lipinski definition) is 4. The van der Waals surface area contributed by atoms with E-state index in [9.17, 15) is 0 Å². The molecule has 1 rings (SSSR count). The van der Waals surface area contributed by atoms with Crippen LogP contribution in [0.1, 0.15) is 11.8 Å². The van der Waals surface area contributed by atoms with Crippen LogP contribution >= 0.6 is 23.7 Å². The predicted molar refractivity (Wildman–Crippen MR) is 67.8 cm³/mol. The summed E-state index contributed by atoms with van der Waals surface area (Å²) in [6.07, 6.45) is -0.257. The fraction of sp³-hybridized carbons (Fsp3) is 0.600. The number of halogens is 1. The summed E-state index contributed by atoms with van der Waals surface area (Å²) in [4.78, 5) is 1.36. The maximum absolute atomic E-state index is 8.98. The van der Waals surface area contributed by atoms with Crippen molar-refractivity contribution in [3.63, 3.8) is 0 Å². The summed E-state index contributed by atoms with van der Waals surface area (Å²) in [6, 6.07) is 4.19. The summed E-state index contributed by atoms with van der Waals surface area (Å²) >= 11 is 1.77. The third-order valence-corrected chi connectivity index (χ3v) is 2.67. The van der Waals surface area contributed by atoms with Gasteiger partial charge in [0.25, 0.3) is 0 Å². The lowest BCUT2D eigenvalue weighted by Crippen LogP contribution is -2.31. The van der Waals surface area contributed by atoms with E-state index in [4.69, 9.17) is 5.11 Å². The highest BCUT2D eigenvalue weighted by Crippen LogP contribution is 2.06. The Morgan fingerprint density at radius 2 is 2.13 bits per heavy atom. The van der Waals surface area contributed by atoms with Crippen molar-refractivity contribution in [2.24, 2.45) is 0 Å². The molecule has 15 heavy (non-hydrogen) atoms. The molecular formula is C10H19ClN2OS. The Morgan fingerprint density at radius 3 is 2.73 bits per heavy atom. The van der Waals surface area contributed by atoms with Gasteiger partial charge in [-0.3, -0.25) is 0 Å². The van der Waals surface area contributed by atoms with Crippen LogP contribution in [0.5, 0.6) is 0 Å². The Bertz CT molecular complexity index is 229. The molecule has 0 aliphatic rings. The first-order valence-corrected chi connectivity index (χ1v) is 5.79. The smallest absolute Gasteiger partial charge is 0.0636 e. The average Bonchev–Trinajstić information content (AvgIpc) is 2.63. The highest BCUT2D eigenvalue weighted by Gasteiger charge is 1.94. The monoisotopic (exact) mass is 250 g/mol. The molecule has 0 aliphatic heterocycles. The number of nitrogens with one attached hydrogen (secondary N) is 2. The first-order valence-electron chi connectivity index (χ1n) is 4.91. The molecule has 0 bridgehead atoms. The van der Waals surface area contributed by atoms with Crippen LogP contribution in [-0.2, 0) is 6.54 Å². The number of hydrogen-bond donors (Lipinski definition) is 3. The molecule has 0 saturated heterocycles. The van der Waals surface area contributed by atoms with Gasteiger partial charge in [-0.15, -0.1) is 23.7 Å². The van der Waals surface area contributed by atoms with E-state index in [1.54, 1.807) is 18.3 Å². The van der Waals surface area contributed by atoms with Crippen molar-refractivity contribution in [2.45, 2.75) is 19.6 Å². The molecule has 88 valence electrons. The molecular weight excluding hydrogens is 232 g/mol. The minimum atomic E-state index is -0.257. The van der Waals surface area contributed by atoms with E-state index in [2.05, 4.69) is 28.1 Å². The summed E-state index contributed by atoms with van der Waals surface area (Å²) in [5.41, 5.74) is 0. The van der Waals surface area contributed by atoms with Gasteiger partial charge in [0.05, 0.1) is 6.10 Å². The van der Waals surface area contributed by atoms with Crippen LogP contribution in [0.4, 0.5) is 0 Å². The third kappa shape index (κ3) is 7.76. The van der Waals surface area contributed by atoms with Gasteiger partial charge in [0.1, 0.15) is 0 Å². The molecule has 1 heterocycles. The Labute approximate surface area is 101 Å². The minimum absolute atomic E-state index is 0. The number of aliphatic hydroxyl groups excluding tert-OH is 1. The van der Waals surface area contributed by atoms with Crippen molar-refractivity contribution in [2.75, 3.05) is 19.6 Å². The van der Waals surface area contributed by atoms with Gasteiger partial charge in [-0.25, -0.2) is 0 Å². The second kappa shape index (κ2) is 9.12. The normalized spacial score (nSPS) is 12.1. The standard InChI is InChI=1S/C10H18N2OS.ClH/c1-9(13)7-11-4-5-12-8-10-3-2-6-14-10;/h2-3,6,9,11-13H,4-5,7-8H2,1H3;1H. The molecule has 1 atom stereocenters. The minimum Gasteiger partial charge on any atom is -0.392 e. The first kappa shape index (κ1) is 14.9. The summed E-state index contributed by atoms with van der Waals surface area (Å²) in [6.45, 7) is 5.22. The van der Waals surface area contributed by atoms with Crippen molar-refractivity contribution in [3.8, 4) is 0 Å². The molecule has 3 N–H and O–H groups in total. The molecule has 0 aliphatic carbocycles. The van der Waals surface area contributed by atoms with E-state index >= 15 is 0 Å². The lowest BCUT2D eigenvalue weighted by Gasteiger charge is -2.07. The van der Waals surface area contributed by atoms with E-state index in [0.29, 0.717) is 6.54 Å². The van der Waals surface area contributed by atoms with Crippen LogP contribution in [0, 0.1) is 0 Å². The van der Waals surface area contributed by atoms with E-state index in [-0.39, 0.29) is 18.5 Å². The fourth-order valence-electron chi connectivity index (χ4n) is 1.11. The van der Waals surface area contributed by atoms with Crippen LogP contribution in [0.2, 0.25) is 0 Å². The molecule has 0 aromatic carbocycles. The Morgan fingerprint density at radius 1 is 1.40 bits per heavy atom. The zero-order chi connectivity index (χ0) is 10.2. The average molecular weight is 251 g/mol. The SMILES string of the molecule is CC(O)CNCCNCc1cccs1.Cl. The number of thiophene rings is 1. The summed E-state index contributed by atoms with van der Waals surface area (Å²) in [5.74, 6) is 0. The molecule has 1 aromatic rings. The molecule has 1 aromatic heterocycles. The molecule has 3 nitrogen and oxygen atoms in total. The highest BCUT2D eigenvalue weighted by molar-refractivity contribution is 7.09. The summed E-state index contributed by atoms with van der Waals surface area (Å²) in [5, 5.41) is 17.5. The lowest BCUT2D eigenvalue weighted by atomic mass is 10.4. The van der Waals surface area contributed by atoms with Gasteiger partial charge in [0.15, 0.2) is 0 Å². The van der Waals surface area contributed by atoms with Crippen molar-refractivity contribution < 1.29 is 5.11 Å². The Balaban J connectivity index is 0.00000196. The quantitative estimate of drug-likeness (QED) is 0.638. The van der Waals surface area contributed by atoms with E-state index < -0.39 is 0 Å². The number of aliphatic hydroxyl groups is 1. The van der Waals surface area contributed by atoms with Gasteiger partial charge in [-0.2, -0.15) is 0 Å². The van der Waals surface area contributed by atoms with Crippen molar-refractivity contribution in [3.05, 3.63) is 22.4 Å². The van der Waals surface area contributed by atoms with Crippen LogP contribution in [0.3, 0.4) is 0 Å². The van der Waals surface area contributed by atoms with Gasteiger partial charge in [0.2, 0.25) is 0 Å². The van der Waals surface area contributed by atoms with Gasteiger partial charge < -0.3 is 15.7 Å². The van der Waals surface area contributed by atoms with E-state index in [0.717, 1.165) is 19.6 Å². The van der Waals surface area contributed by atoms with Crippen LogP contribution in [0.25, 0.3) is 0 Å². The molecule has 0 fully saturated rings. The zero-order valence-corrected chi connectivity index (χ0v) is 10.5. The maximum atomic E-state index is 8.98. The number of rotatable bonds is 7. The lowest BCUT2D eigenvalue weighted by molar-refractivity contribution is 0.191. The fourth-order valence-corrected chi connectivity index (χ4v) is 1.79. The summed E-state index contributed by atoms with van der Waals surface area (Å²) < 4.78 is 0. The van der Waals surface area contributed by atoms with Crippen molar-refractivity contribution in [1.82, 2.24) is 10.6 Å². The maximum Gasteiger partial charge on any atom is 0.0636 e. The Hall–Kier alpha value is -0.130. The Kier molecular flexibility index (Phi) is 9.04.